The zero-order valence-electron chi connectivity index (χ0n) is 26.9. The maximum Gasteiger partial charge on any atom is 0.330 e. The summed E-state index contributed by atoms with van der Waals surface area (Å²) in [7, 11) is 4.24. The minimum Gasteiger partial charge on any atom is -0.493 e. The number of ether oxygens (including phenoxy) is 3. The van der Waals surface area contributed by atoms with Crippen molar-refractivity contribution in [3.05, 3.63) is 59.7 Å². The Bertz CT molecular complexity index is 939. The molecule has 2 unspecified atom stereocenters. The van der Waals surface area contributed by atoms with Crippen LogP contribution in [0.1, 0.15) is 82.3 Å². The maximum atomic E-state index is 10.2. The van der Waals surface area contributed by atoms with Crippen LogP contribution in [0.15, 0.2) is 48.5 Å². The average Bonchev–Trinajstić information content (AvgIpc) is 2.96. The van der Waals surface area contributed by atoms with Gasteiger partial charge in [0.05, 0.1) is 41.0 Å². The fraction of sp³-hybridized carbons (Fsp3) is 0.647. The van der Waals surface area contributed by atoms with Crippen molar-refractivity contribution in [3.63, 3.8) is 0 Å². The first kappa shape index (κ1) is 36.5. The van der Waals surface area contributed by atoms with E-state index in [2.05, 4.69) is 28.1 Å². The van der Waals surface area contributed by atoms with Gasteiger partial charge in [0.15, 0.2) is 0 Å². The number of nitrogens with zero attached hydrogens (tertiary/aromatic N) is 1. The maximum absolute atomic E-state index is 10.2. The van der Waals surface area contributed by atoms with E-state index in [0.717, 1.165) is 40.1 Å². The second-order valence-corrected chi connectivity index (χ2v) is 13.0. The lowest BCUT2D eigenvalue weighted by Gasteiger charge is -2.24. The van der Waals surface area contributed by atoms with Crippen molar-refractivity contribution in [2.45, 2.75) is 90.8 Å². The molecule has 8 heteroatoms. The summed E-state index contributed by atoms with van der Waals surface area (Å²) in [5, 5.41) is 0. The highest BCUT2D eigenvalue weighted by atomic mass is 31.2. The van der Waals surface area contributed by atoms with Gasteiger partial charge in [0.25, 0.3) is 0 Å². The molecule has 2 aromatic rings. The Morgan fingerprint density at radius 3 is 1.98 bits per heavy atom. The standard InChI is InChI=1S/C34H57NO6P/c1-6-7-8-9-10-11-12-13-14-18-25-37-33-22-19-23-34(30(33)2)39-28-32(38-27-31-20-16-15-17-21-31)29-41-42(36)40-26-24-35(3,4)5/h15-17,19-23,32,36H,6-14,18,24-29H2,1-5H3/q+1. The molecule has 0 bridgehead atoms. The predicted molar refractivity (Wildman–Crippen MR) is 173 cm³/mol. The summed E-state index contributed by atoms with van der Waals surface area (Å²) in [6, 6.07) is 15.9. The van der Waals surface area contributed by atoms with Crippen molar-refractivity contribution in [1.82, 2.24) is 0 Å². The smallest absolute Gasteiger partial charge is 0.330 e. The Hall–Kier alpha value is -1.73. The van der Waals surface area contributed by atoms with Crippen molar-refractivity contribution >= 4 is 8.60 Å². The molecule has 238 valence electrons. The van der Waals surface area contributed by atoms with Crippen LogP contribution in [0.4, 0.5) is 0 Å². The fourth-order valence-electron chi connectivity index (χ4n) is 4.37. The van der Waals surface area contributed by atoms with Gasteiger partial charge in [-0.05, 0) is 31.0 Å². The third-order valence-electron chi connectivity index (χ3n) is 7.08. The lowest BCUT2D eigenvalue weighted by Crippen LogP contribution is -2.37. The lowest BCUT2D eigenvalue weighted by molar-refractivity contribution is -0.870. The SMILES string of the molecule is CCCCCCCCCCCCOc1cccc(OCC(COP(O)OCC[N+](C)(C)C)OCc2ccccc2)c1C. The number of hydrogen-bond donors (Lipinski definition) is 1. The van der Waals surface area contributed by atoms with Crippen molar-refractivity contribution in [3.8, 4) is 11.5 Å². The van der Waals surface area contributed by atoms with Crippen LogP contribution in [-0.2, 0) is 20.4 Å². The lowest BCUT2D eigenvalue weighted by atomic mass is 10.1. The van der Waals surface area contributed by atoms with Gasteiger partial charge >= 0.3 is 8.60 Å². The van der Waals surface area contributed by atoms with Gasteiger partial charge in [0.2, 0.25) is 0 Å². The van der Waals surface area contributed by atoms with Gasteiger partial charge in [-0.2, -0.15) is 0 Å². The molecule has 2 aromatic carbocycles. The Morgan fingerprint density at radius 2 is 1.33 bits per heavy atom. The topological polar surface area (TPSA) is 66.4 Å². The third-order valence-corrected chi connectivity index (χ3v) is 7.85. The molecule has 0 saturated heterocycles. The van der Waals surface area contributed by atoms with E-state index in [4.69, 9.17) is 23.3 Å². The van der Waals surface area contributed by atoms with Crippen LogP contribution >= 0.6 is 8.60 Å². The summed E-state index contributed by atoms with van der Waals surface area (Å²) in [5.74, 6) is 1.61. The van der Waals surface area contributed by atoms with Crippen molar-refractivity contribution < 1.29 is 32.6 Å². The molecular formula is C34H57NO6P+. The molecule has 2 atom stereocenters. The van der Waals surface area contributed by atoms with Crippen LogP contribution in [0.5, 0.6) is 11.5 Å². The number of hydrogen-bond acceptors (Lipinski definition) is 6. The van der Waals surface area contributed by atoms with Crippen LogP contribution < -0.4 is 9.47 Å². The molecule has 42 heavy (non-hydrogen) atoms. The summed E-state index contributed by atoms with van der Waals surface area (Å²) in [6.07, 6.45) is 12.7. The van der Waals surface area contributed by atoms with Crippen LogP contribution in [-0.4, -0.2) is 69.6 Å². The normalized spacial score (nSPS) is 13.2. The summed E-state index contributed by atoms with van der Waals surface area (Å²) in [4.78, 5) is 10.2. The second kappa shape index (κ2) is 21.9. The molecule has 7 nitrogen and oxygen atoms in total. The molecule has 0 amide bonds. The van der Waals surface area contributed by atoms with Gasteiger partial charge in [0, 0.05) is 5.56 Å². The van der Waals surface area contributed by atoms with Gasteiger partial charge in [-0.3, -0.25) is 0 Å². The Kier molecular flexibility index (Phi) is 19.0. The van der Waals surface area contributed by atoms with E-state index >= 15 is 0 Å². The van der Waals surface area contributed by atoms with E-state index in [-0.39, 0.29) is 19.3 Å². The third kappa shape index (κ3) is 17.4. The molecule has 0 radical (unpaired) electrons. The minimum absolute atomic E-state index is 0.160. The van der Waals surface area contributed by atoms with E-state index in [1.54, 1.807) is 0 Å². The van der Waals surface area contributed by atoms with E-state index in [9.17, 15) is 4.89 Å². The largest absolute Gasteiger partial charge is 0.493 e. The molecule has 0 aliphatic heterocycles. The van der Waals surface area contributed by atoms with Crippen LogP contribution in [0, 0.1) is 6.92 Å². The molecule has 0 saturated carbocycles. The monoisotopic (exact) mass is 606 g/mol. The molecular weight excluding hydrogens is 549 g/mol. The first-order valence-electron chi connectivity index (χ1n) is 15.8. The zero-order chi connectivity index (χ0) is 30.5. The van der Waals surface area contributed by atoms with Gasteiger partial charge in [-0.15, -0.1) is 0 Å². The molecule has 0 heterocycles. The molecule has 0 aromatic heterocycles. The van der Waals surface area contributed by atoms with Gasteiger partial charge < -0.3 is 32.6 Å². The Morgan fingerprint density at radius 1 is 0.714 bits per heavy atom. The van der Waals surface area contributed by atoms with Crippen LogP contribution in [0.25, 0.3) is 0 Å². The van der Waals surface area contributed by atoms with Crippen molar-refractivity contribution in [2.24, 2.45) is 0 Å². The summed E-state index contributed by atoms with van der Waals surface area (Å²) in [6.45, 7) is 7.05. The second-order valence-electron chi connectivity index (χ2n) is 12.0. The summed E-state index contributed by atoms with van der Waals surface area (Å²) < 4.78 is 30.3. The molecule has 1 N–H and O–H groups in total. The van der Waals surface area contributed by atoms with Crippen molar-refractivity contribution in [1.29, 1.82) is 0 Å². The van der Waals surface area contributed by atoms with Gasteiger partial charge in [-0.25, -0.2) is 0 Å². The number of quaternary nitrogens is 1. The minimum atomic E-state index is -1.99. The zero-order valence-corrected chi connectivity index (χ0v) is 27.8. The first-order valence-corrected chi connectivity index (χ1v) is 17.0. The molecule has 2 rings (SSSR count). The highest BCUT2D eigenvalue weighted by Gasteiger charge is 2.18. The van der Waals surface area contributed by atoms with E-state index < -0.39 is 8.60 Å². The quantitative estimate of drug-likeness (QED) is 0.0698. The fourth-order valence-corrected chi connectivity index (χ4v) is 4.98. The molecule has 0 aliphatic rings. The Labute approximate surface area is 257 Å². The Balaban J connectivity index is 1.78. The van der Waals surface area contributed by atoms with E-state index in [1.165, 1.54) is 57.8 Å². The number of unbranched alkanes of at least 4 members (excludes halogenated alkanes) is 9. The highest BCUT2D eigenvalue weighted by molar-refractivity contribution is 7.40. The molecule has 0 fully saturated rings. The average molecular weight is 607 g/mol. The van der Waals surface area contributed by atoms with Crippen LogP contribution in [0.3, 0.4) is 0 Å². The predicted octanol–water partition coefficient (Wildman–Crippen LogP) is 8.22. The van der Waals surface area contributed by atoms with Crippen molar-refractivity contribution in [2.75, 3.05) is 54.1 Å². The molecule has 0 aliphatic carbocycles. The first-order chi connectivity index (χ1) is 20.3. The van der Waals surface area contributed by atoms with E-state index in [1.807, 2.05) is 55.5 Å². The highest BCUT2D eigenvalue weighted by Crippen LogP contribution is 2.33. The van der Waals surface area contributed by atoms with Gasteiger partial charge in [0.1, 0.15) is 37.4 Å². The molecule has 0 spiro atoms. The summed E-state index contributed by atoms with van der Waals surface area (Å²) >= 11 is 0. The number of rotatable bonds is 25. The van der Waals surface area contributed by atoms with Gasteiger partial charge in [-0.1, -0.05) is 101 Å². The van der Waals surface area contributed by atoms with Crippen LogP contribution in [0.2, 0.25) is 0 Å². The number of likely N-dealkylation sites (N-methyl/N-ethyl adjacent to an activating group) is 1. The van der Waals surface area contributed by atoms with E-state index in [0.29, 0.717) is 19.8 Å². The summed E-state index contributed by atoms with van der Waals surface area (Å²) in [5.41, 5.74) is 2.03. The number of benzene rings is 2.